The molecule has 2 heterocycles. The van der Waals surface area contributed by atoms with Gasteiger partial charge < -0.3 is 4.98 Å². The third-order valence-corrected chi connectivity index (χ3v) is 3.64. The molecule has 0 amide bonds. The molecule has 2 aromatic carbocycles. The van der Waals surface area contributed by atoms with Crippen molar-refractivity contribution in [3.05, 3.63) is 65.5 Å². The number of H-pyrrole nitrogens is 2. The van der Waals surface area contributed by atoms with E-state index in [-0.39, 0.29) is 0 Å². The molecule has 0 radical (unpaired) electrons. The highest BCUT2D eigenvalue weighted by Gasteiger charge is 2.07. The molecule has 0 saturated heterocycles. The maximum Gasteiger partial charge on any atom is 0.168 e. The molecule has 0 unspecified atom stereocenters. The highest BCUT2D eigenvalue weighted by molar-refractivity contribution is 6.04. The van der Waals surface area contributed by atoms with Gasteiger partial charge >= 0.3 is 0 Å². The lowest BCUT2D eigenvalue weighted by Crippen LogP contribution is -1.85. The highest BCUT2D eigenvalue weighted by atomic mass is 16.1. The van der Waals surface area contributed by atoms with Crippen LogP contribution >= 0.6 is 0 Å². The number of carbonyl (C=O) groups excluding carboxylic acids is 3. The molecule has 0 aliphatic heterocycles. The number of rotatable bonds is 3. The van der Waals surface area contributed by atoms with Gasteiger partial charge in [0.2, 0.25) is 0 Å². The minimum atomic E-state index is 0.345. The number of fused-ring (bicyclic) bond motifs is 2. The molecule has 0 atom stereocenters. The molecule has 24 heavy (non-hydrogen) atoms. The number of aromatic nitrogens is 3. The van der Waals surface area contributed by atoms with Gasteiger partial charge in [-0.2, -0.15) is 5.10 Å². The average molecular weight is 319 g/mol. The number of aromatic amines is 2. The largest absolute Gasteiger partial charge is 0.361 e. The molecular weight excluding hydrogens is 306 g/mol. The van der Waals surface area contributed by atoms with Crippen LogP contribution in [-0.4, -0.2) is 34.0 Å². The van der Waals surface area contributed by atoms with E-state index in [1.807, 2.05) is 30.5 Å². The van der Waals surface area contributed by atoms with Crippen LogP contribution in [0.25, 0.3) is 21.8 Å². The van der Waals surface area contributed by atoms with Gasteiger partial charge in [-0.05, 0) is 18.2 Å². The van der Waals surface area contributed by atoms with Crippen LogP contribution in [0.4, 0.5) is 0 Å². The van der Waals surface area contributed by atoms with E-state index >= 15 is 0 Å². The molecule has 0 fully saturated rings. The molecule has 4 aromatic rings. The van der Waals surface area contributed by atoms with Crippen LogP contribution in [0.1, 0.15) is 31.2 Å². The summed E-state index contributed by atoms with van der Waals surface area (Å²) in [5.41, 5.74) is 3.20. The van der Waals surface area contributed by atoms with E-state index in [0.717, 1.165) is 22.8 Å². The van der Waals surface area contributed by atoms with Crippen molar-refractivity contribution in [2.45, 2.75) is 0 Å². The molecule has 0 spiro atoms. The van der Waals surface area contributed by atoms with Crippen molar-refractivity contribution in [1.29, 1.82) is 0 Å². The monoisotopic (exact) mass is 319 g/mol. The zero-order chi connectivity index (χ0) is 16.9. The fourth-order valence-corrected chi connectivity index (χ4v) is 2.52. The topological polar surface area (TPSA) is 95.7 Å². The summed E-state index contributed by atoms with van der Waals surface area (Å²) < 4.78 is 0. The first-order valence-electron chi connectivity index (χ1n) is 7.17. The zero-order valence-electron chi connectivity index (χ0n) is 12.5. The van der Waals surface area contributed by atoms with Gasteiger partial charge in [-0.1, -0.05) is 24.3 Å². The van der Waals surface area contributed by atoms with Gasteiger partial charge in [-0.3, -0.25) is 19.5 Å². The summed E-state index contributed by atoms with van der Waals surface area (Å²) in [6.45, 7) is 0. The van der Waals surface area contributed by atoms with E-state index in [9.17, 15) is 14.4 Å². The minimum absolute atomic E-state index is 0.345. The molecule has 2 N–H and O–H groups in total. The van der Waals surface area contributed by atoms with Crippen LogP contribution in [0.3, 0.4) is 0 Å². The predicted molar refractivity (Wildman–Crippen MR) is 90.6 cm³/mol. The van der Waals surface area contributed by atoms with Gasteiger partial charge in [0, 0.05) is 33.6 Å². The van der Waals surface area contributed by atoms with Gasteiger partial charge in [0.05, 0.1) is 5.52 Å². The lowest BCUT2D eigenvalue weighted by atomic mass is 10.1. The fraction of sp³-hybridized carbons (Fsp3) is 0. The summed E-state index contributed by atoms with van der Waals surface area (Å²) in [6, 6.07) is 12.6. The third-order valence-electron chi connectivity index (χ3n) is 3.64. The number of nitrogens with zero attached hydrogens (tertiary/aromatic N) is 1. The molecule has 0 bridgehead atoms. The van der Waals surface area contributed by atoms with Crippen molar-refractivity contribution in [2.75, 3.05) is 0 Å². The molecule has 4 rings (SSSR count). The number of aldehydes is 3. The summed E-state index contributed by atoms with van der Waals surface area (Å²) in [7, 11) is 0. The van der Waals surface area contributed by atoms with Crippen LogP contribution < -0.4 is 0 Å². The number of benzene rings is 2. The molecule has 0 aliphatic carbocycles. The van der Waals surface area contributed by atoms with Crippen molar-refractivity contribution in [3.8, 4) is 0 Å². The van der Waals surface area contributed by atoms with Gasteiger partial charge in [-0.15, -0.1) is 0 Å². The quantitative estimate of drug-likeness (QED) is 0.567. The van der Waals surface area contributed by atoms with E-state index in [1.54, 1.807) is 18.2 Å². The Hall–Kier alpha value is -3.54. The van der Waals surface area contributed by atoms with E-state index < -0.39 is 0 Å². The molecule has 0 saturated carbocycles. The Bertz CT molecular complexity index is 1030. The van der Waals surface area contributed by atoms with E-state index in [2.05, 4.69) is 15.2 Å². The van der Waals surface area contributed by atoms with E-state index in [4.69, 9.17) is 0 Å². The van der Waals surface area contributed by atoms with Crippen molar-refractivity contribution in [3.63, 3.8) is 0 Å². The Balaban J connectivity index is 0.000000143. The normalized spacial score (nSPS) is 10.2. The van der Waals surface area contributed by atoms with Gasteiger partial charge in [-0.25, -0.2) is 0 Å². The average Bonchev–Trinajstić information content (AvgIpc) is 3.28. The Kier molecular flexibility index (Phi) is 4.29. The Morgan fingerprint density at radius 2 is 1.58 bits per heavy atom. The Labute approximate surface area is 136 Å². The van der Waals surface area contributed by atoms with Gasteiger partial charge in [0.15, 0.2) is 18.9 Å². The Morgan fingerprint density at radius 1 is 0.833 bits per heavy atom. The summed E-state index contributed by atoms with van der Waals surface area (Å²) in [4.78, 5) is 34.7. The maximum absolute atomic E-state index is 10.6. The van der Waals surface area contributed by atoms with Crippen LogP contribution in [0.5, 0.6) is 0 Å². The van der Waals surface area contributed by atoms with Crippen LogP contribution in [-0.2, 0) is 0 Å². The first-order chi connectivity index (χ1) is 11.8. The number of hydrogen-bond donors (Lipinski definition) is 2. The van der Waals surface area contributed by atoms with Crippen LogP contribution in [0, 0.1) is 0 Å². The molecule has 6 nitrogen and oxygen atoms in total. The van der Waals surface area contributed by atoms with Crippen LogP contribution in [0.15, 0.2) is 48.7 Å². The maximum atomic E-state index is 10.6. The van der Waals surface area contributed by atoms with Crippen molar-refractivity contribution in [1.82, 2.24) is 15.2 Å². The van der Waals surface area contributed by atoms with Crippen molar-refractivity contribution >= 4 is 40.7 Å². The summed E-state index contributed by atoms with van der Waals surface area (Å²) >= 11 is 0. The second kappa shape index (κ2) is 6.70. The fourth-order valence-electron chi connectivity index (χ4n) is 2.52. The first-order valence-corrected chi connectivity index (χ1v) is 7.17. The molecule has 0 aliphatic rings. The second-order valence-electron chi connectivity index (χ2n) is 5.02. The molecule has 6 heteroatoms. The van der Waals surface area contributed by atoms with Gasteiger partial charge in [0.25, 0.3) is 0 Å². The van der Waals surface area contributed by atoms with E-state index in [1.165, 1.54) is 0 Å². The SMILES string of the molecule is O=Cc1cccc2[nH]ccc12.O=Cc1cccc2n[nH]c(C=O)c12. The summed E-state index contributed by atoms with van der Waals surface area (Å²) in [5, 5.41) is 8.02. The highest BCUT2D eigenvalue weighted by Crippen LogP contribution is 2.17. The smallest absolute Gasteiger partial charge is 0.168 e. The Morgan fingerprint density at radius 3 is 2.33 bits per heavy atom. The summed E-state index contributed by atoms with van der Waals surface area (Å²) in [5.74, 6) is 0. The number of nitrogens with one attached hydrogen (secondary N) is 2. The minimum Gasteiger partial charge on any atom is -0.361 e. The lowest BCUT2D eigenvalue weighted by Gasteiger charge is -1.92. The first kappa shape index (κ1) is 15.4. The van der Waals surface area contributed by atoms with E-state index in [0.29, 0.717) is 34.7 Å². The van der Waals surface area contributed by atoms with Crippen LogP contribution in [0.2, 0.25) is 0 Å². The van der Waals surface area contributed by atoms with Gasteiger partial charge in [0.1, 0.15) is 5.69 Å². The second-order valence-corrected chi connectivity index (χ2v) is 5.02. The predicted octanol–water partition coefficient (Wildman–Crippen LogP) is 3.17. The lowest BCUT2D eigenvalue weighted by molar-refractivity contribution is 0.111. The standard InChI is InChI=1S/C9H6N2O2.C9H7NO/c12-4-6-2-1-3-7-9(6)8(5-13)11-10-7;11-6-7-2-1-3-9-8(7)4-5-10-9/h1-5H,(H,10,11);1-6,10H. The third kappa shape index (κ3) is 2.72. The zero-order valence-corrected chi connectivity index (χ0v) is 12.5. The number of hydrogen-bond acceptors (Lipinski definition) is 4. The summed E-state index contributed by atoms with van der Waals surface area (Å²) in [6.07, 6.45) is 4.07. The molecule has 118 valence electrons. The van der Waals surface area contributed by atoms with Crippen molar-refractivity contribution in [2.24, 2.45) is 0 Å². The molecule has 2 aromatic heterocycles. The molecular formula is C18H13N3O3. The van der Waals surface area contributed by atoms with Crippen molar-refractivity contribution < 1.29 is 14.4 Å². The number of carbonyl (C=O) groups is 3.